The number of hydrogen-bond acceptors (Lipinski definition) is 5. The van der Waals surface area contributed by atoms with Crippen molar-refractivity contribution in [3.05, 3.63) is 29.2 Å². The topological polar surface area (TPSA) is 77.0 Å². The van der Waals surface area contributed by atoms with E-state index in [0.29, 0.717) is 18.3 Å². The first-order valence-electron chi connectivity index (χ1n) is 7.39. The van der Waals surface area contributed by atoms with Gasteiger partial charge in [0.15, 0.2) is 5.82 Å². The number of aromatic nitrogens is 4. The fourth-order valence-corrected chi connectivity index (χ4v) is 2.32. The van der Waals surface area contributed by atoms with E-state index >= 15 is 0 Å². The van der Waals surface area contributed by atoms with Gasteiger partial charge in [-0.3, -0.25) is 9.48 Å². The SMILES string of the molecule is Cc1cc(C)n([C@@H](C)C(=O)N(C)Cc2noc(C(C)C)n2)n1. The summed E-state index contributed by atoms with van der Waals surface area (Å²) in [5.74, 6) is 1.24. The average Bonchev–Trinajstić information content (AvgIpc) is 3.03. The molecule has 0 N–H and O–H groups in total. The second kappa shape index (κ2) is 6.29. The monoisotopic (exact) mass is 305 g/mol. The van der Waals surface area contributed by atoms with E-state index in [9.17, 15) is 4.79 Å². The van der Waals surface area contributed by atoms with Crippen LogP contribution in [0.2, 0.25) is 0 Å². The summed E-state index contributed by atoms with van der Waals surface area (Å²) in [5.41, 5.74) is 1.87. The molecule has 1 amide bonds. The summed E-state index contributed by atoms with van der Waals surface area (Å²) in [5, 5.41) is 8.28. The maximum atomic E-state index is 12.5. The largest absolute Gasteiger partial charge is 0.339 e. The Morgan fingerprint density at radius 2 is 2.05 bits per heavy atom. The lowest BCUT2D eigenvalue weighted by atomic mass is 10.2. The van der Waals surface area contributed by atoms with Crippen LogP contribution in [0.4, 0.5) is 0 Å². The van der Waals surface area contributed by atoms with E-state index in [1.165, 1.54) is 0 Å². The van der Waals surface area contributed by atoms with Crippen molar-refractivity contribution in [1.29, 1.82) is 0 Å². The van der Waals surface area contributed by atoms with Gasteiger partial charge < -0.3 is 9.42 Å². The van der Waals surface area contributed by atoms with Crippen LogP contribution in [0.15, 0.2) is 10.6 Å². The zero-order chi connectivity index (χ0) is 16.4. The minimum Gasteiger partial charge on any atom is -0.339 e. The van der Waals surface area contributed by atoms with Crippen LogP contribution in [0.25, 0.3) is 0 Å². The fraction of sp³-hybridized carbons (Fsp3) is 0.600. The van der Waals surface area contributed by atoms with E-state index in [-0.39, 0.29) is 17.9 Å². The van der Waals surface area contributed by atoms with E-state index in [1.807, 2.05) is 40.7 Å². The Morgan fingerprint density at radius 3 is 2.55 bits per heavy atom. The van der Waals surface area contributed by atoms with Crippen LogP contribution in [-0.4, -0.2) is 37.8 Å². The quantitative estimate of drug-likeness (QED) is 0.846. The van der Waals surface area contributed by atoms with E-state index in [4.69, 9.17) is 4.52 Å². The summed E-state index contributed by atoms with van der Waals surface area (Å²) in [4.78, 5) is 18.4. The van der Waals surface area contributed by atoms with Gasteiger partial charge in [-0.15, -0.1) is 0 Å². The summed E-state index contributed by atoms with van der Waals surface area (Å²) < 4.78 is 6.90. The first kappa shape index (κ1) is 16.2. The summed E-state index contributed by atoms with van der Waals surface area (Å²) in [6.07, 6.45) is 0. The molecular weight excluding hydrogens is 282 g/mol. The zero-order valence-electron chi connectivity index (χ0n) is 14.0. The molecule has 0 unspecified atom stereocenters. The van der Waals surface area contributed by atoms with Crippen LogP contribution in [0.5, 0.6) is 0 Å². The number of rotatable bonds is 5. The molecule has 0 radical (unpaired) electrons. The van der Waals surface area contributed by atoms with E-state index in [0.717, 1.165) is 11.4 Å². The molecule has 0 aromatic carbocycles. The molecular formula is C15H23N5O2. The number of carbonyl (C=O) groups is 1. The molecule has 0 spiro atoms. The van der Waals surface area contributed by atoms with Crippen LogP contribution >= 0.6 is 0 Å². The van der Waals surface area contributed by atoms with Crippen molar-refractivity contribution in [2.45, 2.75) is 53.1 Å². The minimum atomic E-state index is -0.366. The lowest BCUT2D eigenvalue weighted by Gasteiger charge is -2.21. The number of carbonyl (C=O) groups excluding carboxylic acids is 1. The van der Waals surface area contributed by atoms with Crippen LogP contribution in [-0.2, 0) is 11.3 Å². The smallest absolute Gasteiger partial charge is 0.247 e. The highest BCUT2D eigenvalue weighted by Crippen LogP contribution is 2.15. The summed E-state index contributed by atoms with van der Waals surface area (Å²) in [6, 6.07) is 1.59. The molecule has 7 nitrogen and oxygen atoms in total. The Kier molecular flexibility index (Phi) is 4.63. The predicted octanol–water partition coefficient (Wildman–Crippen LogP) is 2.23. The first-order chi connectivity index (χ1) is 10.3. The lowest BCUT2D eigenvalue weighted by Crippen LogP contribution is -2.33. The zero-order valence-corrected chi connectivity index (χ0v) is 14.0. The standard InChI is InChI=1S/C15H23N5O2/c1-9(2)14-16-13(18-22-14)8-19(6)15(21)12(5)20-11(4)7-10(3)17-20/h7,9,12H,8H2,1-6H3/t12-/m0/s1. The Hall–Kier alpha value is -2.18. The van der Waals surface area contributed by atoms with Gasteiger partial charge in [-0.2, -0.15) is 10.1 Å². The molecule has 1 atom stereocenters. The number of hydrogen-bond donors (Lipinski definition) is 0. The van der Waals surface area contributed by atoms with Crippen molar-refractivity contribution in [2.75, 3.05) is 7.05 Å². The molecule has 0 aliphatic rings. The molecule has 0 saturated carbocycles. The maximum absolute atomic E-state index is 12.5. The summed E-state index contributed by atoms with van der Waals surface area (Å²) >= 11 is 0. The third kappa shape index (κ3) is 3.35. The number of aryl methyl sites for hydroxylation is 2. The van der Waals surface area contributed by atoms with E-state index in [2.05, 4.69) is 15.2 Å². The molecule has 22 heavy (non-hydrogen) atoms. The lowest BCUT2D eigenvalue weighted by molar-refractivity contribution is -0.133. The van der Waals surface area contributed by atoms with E-state index in [1.54, 1.807) is 16.6 Å². The van der Waals surface area contributed by atoms with Crippen LogP contribution < -0.4 is 0 Å². The second-order valence-electron chi connectivity index (χ2n) is 5.95. The number of amides is 1. The molecule has 2 aromatic heterocycles. The molecule has 0 aliphatic carbocycles. The van der Waals surface area contributed by atoms with Crippen LogP contribution in [0.3, 0.4) is 0 Å². The summed E-state index contributed by atoms with van der Waals surface area (Å²) in [6.45, 7) is 9.98. The van der Waals surface area contributed by atoms with Gasteiger partial charge in [0.25, 0.3) is 0 Å². The molecule has 2 heterocycles. The van der Waals surface area contributed by atoms with Gasteiger partial charge in [-0.25, -0.2) is 0 Å². The van der Waals surface area contributed by atoms with Crippen molar-refractivity contribution in [3.8, 4) is 0 Å². The van der Waals surface area contributed by atoms with E-state index < -0.39 is 0 Å². The Morgan fingerprint density at radius 1 is 1.36 bits per heavy atom. The molecule has 7 heteroatoms. The normalized spacial score (nSPS) is 12.7. The second-order valence-corrected chi connectivity index (χ2v) is 5.95. The number of nitrogens with zero attached hydrogens (tertiary/aromatic N) is 5. The van der Waals surface area contributed by atoms with Gasteiger partial charge in [0.2, 0.25) is 11.8 Å². The Labute approximate surface area is 130 Å². The minimum absolute atomic E-state index is 0.0397. The molecule has 2 rings (SSSR count). The maximum Gasteiger partial charge on any atom is 0.247 e. The molecule has 120 valence electrons. The molecule has 0 aliphatic heterocycles. The predicted molar refractivity (Wildman–Crippen MR) is 81.3 cm³/mol. The van der Waals surface area contributed by atoms with Crippen molar-refractivity contribution in [2.24, 2.45) is 0 Å². The van der Waals surface area contributed by atoms with Crippen molar-refractivity contribution in [1.82, 2.24) is 24.8 Å². The molecule has 2 aromatic rings. The molecule has 0 fully saturated rings. The Bertz CT molecular complexity index is 659. The molecule has 0 bridgehead atoms. The van der Waals surface area contributed by atoms with Crippen LogP contribution in [0, 0.1) is 13.8 Å². The van der Waals surface area contributed by atoms with Gasteiger partial charge >= 0.3 is 0 Å². The fourth-order valence-electron chi connectivity index (χ4n) is 2.32. The van der Waals surface area contributed by atoms with Gasteiger partial charge in [-0.1, -0.05) is 19.0 Å². The highest BCUT2D eigenvalue weighted by molar-refractivity contribution is 5.79. The highest BCUT2D eigenvalue weighted by Gasteiger charge is 2.23. The highest BCUT2D eigenvalue weighted by atomic mass is 16.5. The van der Waals surface area contributed by atoms with Gasteiger partial charge in [-0.05, 0) is 26.8 Å². The van der Waals surface area contributed by atoms with Crippen molar-refractivity contribution >= 4 is 5.91 Å². The molecule has 0 saturated heterocycles. The third-order valence-electron chi connectivity index (χ3n) is 3.50. The van der Waals surface area contributed by atoms with Gasteiger partial charge in [0.1, 0.15) is 6.04 Å². The van der Waals surface area contributed by atoms with Gasteiger partial charge in [0, 0.05) is 18.7 Å². The Balaban J connectivity index is 2.06. The van der Waals surface area contributed by atoms with Crippen molar-refractivity contribution in [3.63, 3.8) is 0 Å². The average molecular weight is 305 g/mol. The number of likely N-dealkylation sites (N-methyl/N-ethyl adjacent to an activating group) is 1. The summed E-state index contributed by atoms with van der Waals surface area (Å²) in [7, 11) is 1.73. The van der Waals surface area contributed by atoms with Gasteiger partial charge in [0.05, 0.1) is 12.2 Å². The van der Waals surface area contributed by atoms with Crippen LogP contribution in [0.1, 0.15) is 55.8 Å². The third-order valence-corrected chi connectivity index (χ3v) is 3.50. The first-order valence-corrected chi connectivity index (χ1v) is 7.39. The van der Waals surface area contributed by atoms with Crippen molar-refractivity contribution < 1.29 is 9.32 Å².